The van der Waals surface area contributed by atoms with Gasteiger partial charge in [-0.25, -0.2) is 0 Å². The van der Waals surface area contributed by atoms with E-state index in [0.717, 1.165) is 24.0 Å². The van der Waals surface area contributed by atoms with Crippen LogP contribution in [0, 0.1) is 0 Å². The third-order valence-corrected chi connectivity index (χ3v) is 3.10. The van der Waals surface area contributed by atoms with Crippen LogP contribution in [0.2, 0.25) is 0 Å². The summed E-state index contributed by atoms with van der Waals surface area (Å²) >= 11 is 0. The van der Waals surface area contributed by atoms with Gasteiger partial charge in [0.2, 0.25) is 5.82 Å². The number of aromatic nitrogens is 3. The monoisotopic (exact) mass is 265 g/mol. The Hall–Kier alpha value is -2.49. The van der Waals surface area contributed by atoms with Crippen LogP contribution < -0.4 is 0 Å². The number of benzene rings is 1. The highest BCUT2D eigenvalue weighted by atomic mass is 16.5. The molecule has 3 rings (SSSR count). The fourth-order valence-electron chi connectivity index (χ4n) is 2.06. The van der Waals surface area contributed by atoms with Crippen LogP contribution in [0.4, 0.5) is 0 Å². The van der Waals surface area contributed by atoms with Gasteiger partial charge in [0.05, 0.1) is 0 Å². The molecule has 4 nitrogen and oxygen atoms in total. The molecule has 0 unspecified atom stereocenters. The summed E-state index contributed by atoms with van der Waals surface area (Å²) in [6, 6.07) is 12.0. The standard InChI is InChI=1S/C16H15N3O/c1-2-3-12-4-6-14(7-5-12)16-18-15(19-20-16)13-8-10-17-11-9-13/h4-11H,2-3H2,1H3. The van der Waals surface area contributed by atoms with Gasteiger partial charge in [0.15, 0.2) is 0 Å². The van der Waals surface area contributed by atoms with Crippen molar-refractivity contribution in [1.29, 1.82) is 0 Å². The van der Waals surface area contributed by atoms with Crippen LogP contribution in [0.5, 0.6) is 0 Å². The lowest BCUT2D eigenvalue weighted by molar-refractivity contribution is 0.432. The quantitative estimate of drug-likeness (QED) is 0.721. The molecule has 1 aromatic carbocycles. The zero-order chi connectivity index (χ0) is 13.8. The summed E-state index contributed by atoms with van der Waals surface area (Å²) in [5, 5.41) is 4.01. The second-order valence-electron chi connectivity index (χ2n) is 4.61. The molecule has 3 aromatic rings. The van der Waals surface area contributed by atoms with Crippen molar-refractivity contribution in [2.75, 3.05) is 0 Å². The summed E-state index contributed by atoms with van der Waals surface area (Å²) in [5.41, 5.74) is 3.17. The summed E-state index contributed by atoms with van der Waals surface area (Å²) in [5.74, 6) is 1.12. The van der Waals surface area contributed by atoms with Crippen LogP contribution in [0.1, 0.15) is 18.9 Å². The van der Waals surface area contributed by atoms with Gasteiger partial charge in [-0.2, -0.15) is 4.98 Å². The molecule has 0 N–H and O–H groups in total. The maximum Gasteiger partial charge on any atom is 0.258 e. The molecule has 20 heavy (non-hydrogen) atoms. The van der Waals surface area contributed by atoms with E-state index in [1.807, 2.05) is 24.3 Å². The van der Waals surface area contributed by atoms with Crippen LogP contribution >= 0.6 is 0 Å². The van der Waals surface area contributed by atoms with E-state index in [2.05, 4.69) is 34.2 Å². The maximum absolute atomic E-state index is 5.32. The average Bonchev–Trinajstić information content (AvgIpc) is 2.99. The van der Waals surface area contributed by atoms with Crippen molar-refractivity contribution in [1.82, 2.24) is 15.1 Å². The normalized spacial score (nSPS) is 10.7. The minimum atomic E-state index is 0.542. The minimum absolute atomic E-state index is 0.542. The van der Waals surface area contributed by atoms with Crippen molar-refractivity contribution in [3.63, 3.8) is 0 Å². The number of hydrogen-bond acceptors (Lipinski definition) is 4. The predicted molar refractivity (Wildman–Crippen MR) is 77.0 cm³/mol. The summed E-state index contributed by atoms with van der Waals surface area (Å²) in [7, 11) is 0. The molecule has 0 radical (unpaired) electrons. The molecule has 0 aliphatic rings. The fraction of sp³-hybridized carbons (Fsp3) is 0.188. The van der Waals surface area contributed by atoms with Gasteiger partial charge in [0, 0.05) is 23.5 Å². The van der Waals surface area contributed by atoms with E-state index in [0.29, 0.717) is 11.7 Å². The van der Waals surface area contributed by atoms with Crippen molar-refractivity contribution < 1.29 is 4.52 Å². The van der Waals surface area contributed by atoms with Crippen molar-refractivity contribution >= 4 is 0 Å². The molecule has 0 bridgehead atoms. The maximum atomic E-state index is 5.32. The number of pyridine rings is 1. The Morgan fingerprint density at radius 2 is 1.70 bits per heavy atom. The first-order chi connectivity index (χ1) is 9.86. The Labute approximate surface area is 117 Å². The van der Waals surface area contributed by atoms with E-state index in [-0.39, 0.29) is 0 Å². The van der Waals surface area contributed by atoms with Gasteiger partial charge in [-0.15, -0.1) is 0 Å². The SMILES string of the molecule is CCCc1ccc(-c2nc(-c3ccncc3)no2)cc1. The van der Waals surface area contributed by atoms with E-state index >= 15 is 0 Å². The average molecular weight is 265 g/mol. The number of hydrogen-bond donors (Lipinski definition) is 0. The van der Waals surface area contributed by atoms with Crippen molar-refractivity contribution in [3.8, 4) is 22.8 Å². The first-order valence-corrected chi connectivity index (χ1v) is 6.70. The number of nitrogens with zero attached hydrogens (tertiary/aromatic N) is 3. The van der Waals surface area contributed by atoms with Crippen LogP contribution in [-0.4, -0.2) is 15.1 Å². The van der Waals surface area contributed by atoms with Crippen molar-refractivity contribution in [2.45, 2.75) is 19.8 Å². The molecular formula is C16H15N3O. The fourth-order valence-corrected chi connectivity index (χ4v) is 2.06. The van der Waals surface area contributed by atoms with E-state index in [1.165, 1.54) is 5.56 Å². The van der Waals surface area contributed by atoms with Gasteiger partial charge >= 0.3 is 0 Å². The lowest BCUT2D eigenvalue weighted by Crippen LogP contribution is -1.84. The second-order valence-corrected chi connectivity index (χ2v) is 4.61. The Morgan fingerprint density at radius 3 is 2.40 bits per heavy atom. The van der Waals surface area contributed by atoms with Crippen LogP contribution in [-0.2, 0) is 6.42 Å². The third kappa shape index (κ3) is 2.59. The zero-order valence-corrected chi connectivity index (χ0v) is 11.3. The predicted octanol–water partition coefficient (Wildman–Crippen LogP) is 3.75. The molecule has 0 aliphatic carbocycles. The number of rotatable bonds is 4. The van der Waals surface area contributed by atoms with E-state index < -0.39 is 0 Å². The second kappa shape index (κ2) is 5.65. The lowest BCUT2D eigenvalue weighted by Gasteiger charge is -1.98. The molecule has 0 atom stereocenters. The molecule has 100 valence electrons. The molecule has 0 aliphatic heterocycles. The highest BCUT2D eigenvalue weighted by molar-refractivity contribution is 5.59. The largest absolute Gasteiger partial charge is 0.334 e. The Balaban J connectivity index is 1.86. The van der Waals surface area contributed by atoms with Gasteiger partial charge in [-0.1, -0.05) is 30.6 Å². The van der Waals surface area contributed by atoms with Gasteiger partial charge in [-0.3, -0.25) is 4.98 Å². The highest BCUT2D eigenvalue weighted by Gasteiger charge is 2.10. The molecule has 0 fully saturated rings. The molecule has 0 amide bonds. The minimum Gasteiger partial charge on any atom is -0.334 e. The molecule has 0 saturated carbocycles. The van der Waals surface area contributed by atoms with Crippen LogP contribution in [0.3, 0.4) is 0 Å². The van der Waals surface area contributed by atoms with Crippen molar-refractivity contribution in [2.24, 2.45) is 0 Å². The van der Waals surface area contributed by atoms with Gasteiger partial charge in [0.1, 0.15) is 0 Å². The molecule has 0 spiro atoms. The molecular weight excluding hydrogens is 250 g/mol. The Kier molecular flexibility index (Phi) is 3.54. The van der Waals surface area contributed by atoms with Gasteiger partial charge in [-0.05, 0) is 36.2 Å². The van der Waals surface area contributed by atoms with Gasteiger partial charge < -0.3 is 4.52 Å². The van der Waals surface area contributed by atoms with E-state index in [1.54, 1.807) is 12.4 Å². The smallest absolute Gasteiger partial charge is 0.258 e. The van der Waals surface area contributed by atoms with E-state index in [9.17, 15) is 0 Å². The lowest BCUT2D eigenvalue weighted by atomic mass is 10.1. The topological polar surface area (TPSA) is 51.8 Å². The Morgan fingerprint density at radius 1 is 0.950 bits per heavy atom. The van der Waals surface area contributed by atoms with Crippen LogP contribution in [0.25, 0.3) is 22.8 Å². The number of aryl methyl sites for hydroxylation is 1. The highest BCUT2D eigenvalue weighted by Crippen LogP contribution is 2.22. The summed E-state index contributed by atoms with van der Waals surface area (Å²) < 4.78 is 5.32. The molecule has 2 heterocycles. The first kappa shape index (κ1) is 12.5. The zero-order valence-electron chi connectivity index (χ0n) is 11.3. The first-order valence-electron chi connectivity index (χ1n) is 6.70. The van der Waals surface area contributed by atoms with Crippen molar-refractivity contribution in [3.05, 3.63) is 54.4 Å². The molecule has 2 aromatic heterocycles. The summed E-state index contributed by atoms with van der Waals surface area (Å²) in [4.78, 5) is 8.40. The summed E-state index contributed by atoms with van der Waals surface area (Å²) in [6.07, 6.45) is 5.66. The van der Waals surface area contributed by atoms with Gasteiger partial charge in [0.25, 0.3) is 5.89 Å². The molecule has 0 saturated heterocycles. The third-order valence-electron chi connectivity index (χ3n) is 3.10. The molecule has 4 heteroatoms. The van der Waals surface area contributed by atoms with E-state index in [4.69, 9.17) is 4.52 Å². The Bertz CT molecular complexity index is 674. The van der Waals surface area contributed by atoms with Crippen LogP contribution in [0.15, 0.2) is 53.3 Å². The summed E-state index contributed by atoms with van der Waals surface area (Å²) in [6.45, 7) is 2.17.